The lowest BCUT2D eigenvalue weighted by Crippen LogP contribution is -2.25. The molecule has 5 rings (SSSR count). The average Bonchev–Trinajstić information content (AvgIpc) is 3.43. The summed E-state index contributed by atoms with van der Waals surface area (Å²) in [6.07, 6.45) is 4.55. The number of hydrogen-bond acceptors (Lipinski definition) is 4. The summed E-state index contributed by atoms with van der Waals surface area (Å²) in [4.78, 5) is 0. The van der Waals surface area contributed by atoms with Gasteiger partial charge in [-0.25, -0.2) is 4.68 Å². The molecule has 2 aromatic carbocycles. The normalized spacial score (nSPS) is 17.9. The van der Waals surface area contributed by atoms with Crippen molar-refractivity contribution in [2.75, 3.05) is 13.2 Å². The second-order valence-corrected chi connectivity index (χ2v) is 8.78. The van der Waals surface area contributed by atoms with E-state index >= 15 is 0 Å². The highest BCUT2D eigenvalue weighted by molar-refractivity contribution is 9.10. The fourth-order valence-electron chi connectivity index (χ4n) is 3.64. The molecule has 2 heterocycles. The molecule has 2 aliphatic rings. The first kappa shape index (κ1) is 18.4. The molecule has 5 nitrogen and oxygen atoms in total. The van der Waals surface area contributed by atoms with Crippen LogP contribution in [0.2, 0.25) is 5.02 Å². The molecule has 0 radical (unpaired) electrons. The fraction of sp³-hybridized carbons (Fsp3) is 0.429. The molecule has 3 aromatic rings. The van der Waals surface area contributed by atoms with Crippen LogP contribution in [0, 0.1) is 5.92 Å². The van der Waals surface area contributed by atoms with Crippen molar-refractivity contribution in [3.8, 4) is 16.9 Å². The second-order valence-electron chi connectivity index (χ2n) is 7.58. The molecule has 1 aliphatic heterocycles. The quantitative estimate of drug-likeness (QED) is 0.503. The first-order valence-corrected chi connectivity index (χ1v) is 10.9. The average molecular weight is 463 g/mol. The zero-order chi connectivity index (χ0) is 19.1. The molecule has 0 bridgehead atoms. The van der Waals surface area contributed by atoms with Crippen LogP contribution in [0.3, 0.4) is 0 Å². The van der Waals surface area contributed by atoms with Crippen LogP contribution in [0.4, 0.5) is 0 Å². The minimum absolute atomic E-state index is 0.168. The third-order valence-corrected chi connectivity index (χ3v) is 6.56. The lowest BCUT2D eigenvalue weighted by Gasteiger charge is -2.24. The Balaban J connectivity index is 1.42. The van der Waals surface area contributed by atoms with Gasteiger partial charge in [-0.15, -0.1) is 5.10 Å². The van der Waals surface area contributed by atoms with E-state index in [1.54, 1.807) is 0 Å². The Hall–Kier alpha value is -1.63. The second kappa shape index (κ2) is 7.65. The minimum Gasteiger partial charge on any atom is -0.489 e. The molecular weight excluding hydrogens is 442 g/mol. The van der Waals surface area contributed by atoms with Gasteiger partial charge in [-0.3, -0.25) is 0 Å². The topological polar surface area (TPSA) is 49.2 Å². The molecule has 0 unspecified atom stereocenters. The van der Waals surface area contributed by atoms with Gasteiger partial charge in [0, 0.05) is 19.4 Å². The number of fused-ring (bicyclic) bond motifs is 1. The molecule has 0 atom stereocenters. The molecule has 146 valence electrons. The summed E-state index contributed by atoms with van der Waals surface area (Å²) in [7, 11) is 0. The van der Waals surface area contributed by atoms with Gasteiger partial charge in [-0.1, -0.05) is 28.9 Å². The van der Waals surface area contributed by atoms with E-state index < -0.39 is 0 Å². The molecule has 1 aromatic heterocycles. The number of aromatic nitrogens is 3. The summed E-state index contributed by atoms with van der Waals surface area (Å²) >= 11 is 10.3. The third kappa shape index (κ3) is 3.65. The molecule has 28 heavy (non-hydrogen) atoms. The van der Waals surface area contributed by atoms with E-state index in [1.807, 2.05) is 22.9 Å². The van der Waals surface area contributed by atoms with Gasteiger partial charge in [0.05, 0.1) is 28.2 Å². The van der Waals surface area contributed by atoms with Crippen molar-refractivity contribution < 1.29 is 9.47 Å². The number of benzene rings is 2. The van der Waals surface area contributed by atoms with Crippen LogP contribution in [0.5, 0.6) is 5.75 Å². The van der Waals surface area contributed by atoms with Gasteiger partial charge in [-0.05, 0) is 64.0 Å². The Morgan fingerprint density at radius 3 is 2.71 bits per heavy atom. The van der Waals surface area contributed by atoms with Gasteiger partial charge in [-0.2, -0.15) is 0 Å². The largest absolute Gasteiger partial charge is 0.489 e. The van der Waals surface area contributed by atoms with Crippen molar-refractivity contribution in [3.63, 3.8) is 0 Å². The lowest BCUT2D eigenvalue weighted by atomic mass is 10.0. The van der Waals surface area contributed by atoms with Gasteiger partial charge >= 0.3 is 0 Å². The van der Waals surface area contributed by atoms with Crippen molar-refractivity contribution in [3.05, 3.63) is 39.8 Å². The number of rotatable bonds is 5. The van der Waals surface area contributed by atoms with Crippen LogP contribution in [0.15, 0.2) is 34.8 Å². The molecular formula is C21H21BrClN3O2. The predicted octanol–water partition coefficient (Wildman–Crippen LogP) is 5.48. The maximum Gasteiger partial charge on any atom is 0.138 e. The molecule has 1 saturated heterocycles. The Morgan fingerprint density at radius 2 is 1.96 bits per heavy atom. The lowest BCUT2D eigenvalue weighted by molar-refractivity contribution is 0.0256. The standard InChI is InChI=1S/C21H21BrClN3O2/c22-20-16(4-5-18-21(20)24-25-26(18)12-13-1-2-13)14-3-6-19(17(23)11-14)28-15-7-9-27-10-8-15/h3-6,11,13,15H,1-2,7-10,12H2. The van der Waals surface area contributed by atoms with Crippen LogP contribution in [0.1, 0.15) is 25.7 Å². The van der Waals surface area contributed by atoms with E-state index in [2.05, 4.69) is 38.4 Å². The summed E-state index contributed by atoms with van der Waals surface area (Å²) in [5.41, 5.74) is 4.02. The minimum atomic E-state index is 0.168. The van der Waals surface area contributed by atoms with E-state index in [-0.39, 0.29) is 6.10 Å². The number of ether oxygens (including phenoxy) is 2. The van der Waals surface area contributed by atoms with E-state index in [1.165, 1.54) is 12.8 Å². The third-order valence-electron chi connectivity index (χ3n) is 5.46. The monoisotopic (exact) mass is 461 g/mol. The van der Waals surface area contributed by atoms with Crippen LogP contribution in [-0.4, -0.2) is 34.3 Å². The molecule has 0 amide bonds. The van der Waals surface area contributed by atoms with Crippen molar-refractivity contribution in [1.29, 1.82) is 0 Å². The Labute approximate surface area is 177 Å². The van der Waals surface area contributed by atoms with Crippen molar-refractivity contribution in [1.82, 2.24) is 15.0 Å². The fourth-order valence-corrected chi connectivity index (χ4v) is 4.51. The zero-order valence-corrected chi connectivity index (χ0v) is 17.7. The molecule has 0 N–H and O–H groups in total. The van der Waals surface area contributed by atoms with Gasteiger partial charge in [0.25, 0.3) is 0 Å². The molecule has 0 spiro atoms. The summed E-state index contributed by atoms with van der Waals surface area (Å²) in [5.74, 6) is 1.48. The first-order valence-electron chi connectivity index (χ1n) is 9.75. The summed E-state index contributed by atoms with van der Waals surface area (Å²) in [5, 5.41) is 9.37. The van der Waals surface area contributed by atoms with Gasteiger partial charge in [0.1, 0.15) is 17.4 Å². The number of hydrogen-bond donors (Lipinski definition) is 0. The van der Waals surface area contributed by atoms with Gasteiger partial charge in [0.2, 0.25) is 0 Å². The number of nitrogens with zero attached hydrogens (tertiary/aromatic N) is 3. The number of halogens is 2. The van der Waals surface area contributed by atoms with Crippen LogP contribution in [0.25, 0.3) is 22.2 Å². The SMILES string of the molecule is Clc1cc(-c2ccc3c(nnn3CC3CC3)c2Br)ccc1OC1CCOCC1. The zero-order valence-electron chi connectivity index (χ0n) is 15.4. The Morgan fingerprint density at radius 1 is 1.14 bits per heavy atom. The Bertz CT molecular complexity index is 1010. The molecule has 7 heteroatoms. The Kier molecular flexibility index (Phi) is 5.03. The van der Waals surface area contributed by atoms with E-state index in [9.17, 15) is 0 Å². The highest BCUT2D eigenvalue weighted by Crippen LogP contribution is 2.38. The van der Waals surface area contributed by atoms with Crippen LogP contribution >= 0.6 is 27.5 Å². The molecule has 1 aliphatic carbocycles. The van der Waals surface area contributed by atoms with E-state index in [0.717, 1.165) is 70.9 Å². The summed E-state index contributed by atoms with van der Waals surface area (Å²) in [6, 6.07) is 10.1. The van der Waals surface area contributed by atoms with Gasteiger partial charge < -0.3 is 9.47 Å². The van der Waals surface area contributed by atoms with Crippen molar-refractivity contribution in [2.24, 2.45) is 5.92 Å². The van der Waals surface area contributed by atoms with Crippen molar-refractivity contribution in [2.45, 2.75) is 38.3 Å². The molecule has 1 saturated carbocycles. The predicted molar refractivity (Wildman–Crippen MR) is 113 cm³/mol. The summed E-state index contributed by atoms with van der Waals surface area (Å²) in [6.45, 7) is 2.44. The van der Waals surface area contributed by atoms with Crippen LogP contribution < -0.4 is 4.74 Å². The maximum atomic E-state index is 6.53. The smallest absolute Gasteiger partial charge is 0.138 e. The first-order chi connectivity index (χ1) is 13.7. The van der Waals surface area contributed by atoms with Crippen LogP contribution in [-0.2, 0) is 11.3 Å². The van der Waals surface area contributed by atoms with Gasteiger partial charge in [0.15, 0.2) is 0 Å². The van der Waals surface area contributed by atoms with E-state index in [4.69, 9.17) is 21.1 Å². The summed E-state index contributed by atoms with van der Waals surface area (Å²) < 4.78 is 14.4. The maximum absolute atomic E-state index is 6.53. The van der Waals surface area contributed by atoms with E-state index in [0.29, 0.717) is 5.02 Å². The highest BCUT2D eigenvalue weighted by atomic mass is 79.9. The molecule has 2 fully saturated rings. The highest BCUT2D eigenvalue weighted by Gasteiger charge is 2.24. The van der Waals surface area contributed by atoms with Crippen molar-refractivity contribution >= 4 is 38.6 Å².